The number of aromatic nitrogens is 1. The van der Waals surface area contributed by atoms with Gasteiger partial charge in [-0.25, -0.2) is 4.98 Å². The quantitative estimate of drug-likeness (QED) is 0.927. The molecule has 0 saturated heterocycles. The van der Waals surface area contributed by atoms with Crippen molar-refractivity contribution in [3.8, 4) is 11.1 Å². The lowest BCUT2D eigenvalue weighted by Crippen LogP contribution is -2.18. The number of anilines is 1. The molecule has 22 heavy (non-hydrogen) atoms. The Morgan fingerprint density at radius 2 is 1.95 bits per heavy atom. The average molecular weight is 298 g/mol. The van der Waals surface area contributed by atoms with Crippen LogP contribution in [-0.4, -0.2) is 16.5 Å². The first kappa shape index (κ1) is 16.2. The summed E-state index contributed by atoms with van der Waals surface area (Å²) in [6.07, 6.45) is 1.76. The Morgan fingerprint density at radius 1 is 1.18 bits per heavy atom. The van der Waals surface area contributed by atoms with E-state index in [0.717, 1.165) is 16.7 Å². The van der Waals surface area contributed by atoms with Gasteiger partial charge in [0.1, 0.15) is 5.82 Å². The predicted octanol–water partition coefficient (Wildman–Crippen LogP) is 4.02. The fourth-order valence-electron chi connectivity index (χ4n) is 1.96. The Balaban J connectivity index is 2.13. The third kappa shape index (κ3) is 4.97. The third-order valence-corrected chi connectivity index (χ3v) is 3.00. The van der Waals surface area contributed by atoms with Crippen LogP contribution in [0.3, 0.4) is 0 Å². The zero-order valence-corrected chi connectivity index (χ0v) is 13.5. The summed E-state index contributed by atoms with van der Waals surface area (Å²) in [5.41, 5.74) is 3.05. The highest BCUT2D eigenvalue weighted by molar-refractivity contribution is 5.87. The number of hydrogen-bond acceptors (Lipinski definition) is 3. The minimum Gasteiger partial charge on any atom is -0.371 e. The summed E-state index contributed by atoms with van der Waals surface area (Å²) < 4.78 is 5.81. The molecule has 0 radical (unpaired) electrons. The Morgan fingerprint density at radius 3 is 2.55 bits per heavy atom. The first-order valence-electron chi connectivity index (χ1n) is 7.30. The molecule has 0 bridgehead atoms. The normalized spacial score (nSPS) is 11.3. The first-order valence-corrected chi connectivity index (χ1v) is 7.30. The highest BCUT2D eigenvalue weighted by Crippen LogP contribution is 2.22. The topological polar surface area (TPSA) is 51.2 Å². The molecule has 0 aliphatic carbocycles. The van der Waals surface area contributed by atoms with Crippen LogP contribution < -0.4 is 5.32 Å². The minimum absolute atomic E-state index is 0.124. The molecule has 116 valence electrons. The Labute approximate surface area is 131 Å². The van der Waals surface area contributed by atoms with Crippen LogP contribution in [0.1, 0.15) is 33.3 Å². The number of benzene rings is 1. The molecule has 0 atom stereocenters. The van der Waals surface area contributed by atoms with Crippen molar-refractivity contribution in [3.63, 3.8) is 0 Å². The summed E-state index contributed by atoms with van der Waals surface area (Å²) in [5.74, 6) is 0.435. The van der Waals surface area contributed by atoms with Crippen molar-refractivity contribution in [2.75, 3.05) is 5.32 Å². The third-order valence-electron chi connectivity index (χ3n) is 3.00. The smallest absolute Gasteiger partial charge is 0.222 e. The second-order valence-electron chi connectivity index (χ2n) is 6.21. The molecule has 1 amide bonds. The molecule has 0 unspecified atom stereocenters. The van der Waals surface area contributed by atoms with Gasteiger partial charge in [-0.2, -0.15) is 0 Å². The van der Waals surface area contributed by atoms with Crippen molar-refractivity contribution < 1.29 is 9.53 Å². The fourth-order valence-corrected chi connectivity index (χ4v) is 1.96. The molecule has 4 heteroatoms. The molecule has 0 aliphatic rings. The molecule has 1 aromatic carbocycles. The van der Waals surface area contributed by atoms with Gasteiger partial charge in [0.05, 0.1) is 12.2 Å². The summed E-state index contributed by atoms with van der Waals surface area (Å²) in [5, 5.41) is 2.66. The monoisotopic (exact) mass is 298 g/mol. The van der Waals surface area contributed by atoms with Gasteiger partial charge in [0.15, 0.2) is 0 Å². The van der Waals surface area contributed by atoms with Crippen molar-refractivity contribution in [2.24, 2.45) is 0 Å². The van der Waals surface area contributed by atoms with Crippen molar-refractivity contribution in [3.05, 3.63) is 48.2 Å². The Bertz CT molecular complexity index is 643. The van der Waals surface area contributed by atoms with E-state index in [1.54, 1.807) is 12.3 Å². The predicted molar refractivity (Wildman–Crippen MR) is 88.5 cm³/mol. The molecular weight excluding hydrogens is 276 g/mol. The van der Waals surface area contributed by atoms with Crippen molar-refractivity contribution in [2.45, 2.75) is 39.9 Å². The van der Waals surface area contributed by atoms with E-state index in [2.05, 4.69) is 16.4 Å². The van der Waals surface area contributed by atoms with Crippen molar-refractivity contribution in [1.82, 2.24) is 4.98 Å². The summed E-state index contributed by atoms with van der Waals surface area (Å²) in [6, 6.07) is 11.9. The molecule has 0 spiro atoms. The van der Waals surface area contributed by atoms with Gasteiger partial charge in [0.2, 0.25) is 5.91 Å². The molecule has 1 heterocycles. The maximum absolute atomic E-state index is 11.0. The number of nitrogens with one attached hydrogen (secondary N) is 1. The molecular formula is C18H22N2O2. The molecule has 2 aromatic rings. The molecule has 2 rings (SSSR count). The number of rotatable bonds is 4. The Kier molecular flexibility index (Phi) is 4.93. The van der Waals surface area contributed by atoms with Crippen LogP contribution in [-0.2, 0) is 16.1 Å². The summed E-state index contributed by atoms with van der Waals surface area (Å²) in [4.78, 5) is 15.2. The number of pyridine rings is 1. The van der Waals surface area contributed by atoms with Crippen LogP contribution in [0.2, 0.25) is 0 Å². The van der Waals surface area contributed by atoms with Gasteiger partial charge >= 0.3 is 0 Å². The summed E-state index contributed by atoms with van der Waals surface area (Å²) >= 11 is 0. The number of carbonyl (C=O) groups is 1. The highest BCUT2D eigenvalue weighted by Gasteiger charge is 2.10. The number of ether oxygens (including phenoxy) is 1. The van der Waals surface area contributed by atoms with Gasteiger partial charge in [0, 0.05) is 18.7 Å². The largest absolute Gasteiger partial charge is 0.371 e. The molecule has 0 aliphatic heterocycles. The summed E-state index contributed by atoms with van der Waals surface area (Å²) in [7, 11) is 0. The van der Waals surface area contributed by atoms with E-state index < -0.39 is 0 Å². The van der Waals surface area contributed by atoms with E-state index in [9.17, 15) is 4.79 Å². The van der Waals surface area contributed by atoms with Crippen LogP contribution in [0.4, 0.5) is 5.82 Å². The van der Waals surface area contributed by atoms with E-state index in [1.165, 1.54) is 6.92 Å². The Hall–Kier alpha value is -2.20. The zero-order chi connectivity index (χ0) is 16.2. The minimum atomic E-state index is -0.155. The van der Waals surface area contributed by atoms with Gasteiger partial charge in [0.25, 0.3) is 0 Å². The second-order valence-corrected chi connectivity index (χ2v) is 6.21. The summed E-state index contributed by atoms with van der Waals surface area (Å²) in [6.45, 7) is 8.17. The van der Waals surface area contributed by atoms with E-state index in [-0.39, 0.29) is 11.5 Å². The number of amides is 1. The average Bonchev–Trinajstić information content (AvgIpc) is 2.45. The fraction of sp³-hybridized carbons (Fsp3) is 0.333. The van der Waals surface area contributed by atoms with Crippen LogP contribution in [0.25, 0.3) is 11.1 Å². The van der Waals surface area contributed by atoms with Crippen LogP contribution in [0.5, 0.6) is 0 Å². The lowest BCUT2D eigenvalue weighted by Gasteiger charge is -2.19. The second kappa shape index (κ2) is 6.71. The maximum Gasteiger partial charge on any atom is 0.222 e. The van der Waals surface area contributed by atoms with Gasteiger partial charge in [-0.05, 0) is 50.1 Å². The zero-order valence-electron chi connectivity index (χ0n) is 13.5. The van der Waals surface area contributed by atoms with Gasteiger partial charge < -0.3 is 10.1 Å². The van der Waals surface area contributed by atoms with Gasteiger partial charge in [-0.1, -0.05) is 18.2 Å². The number of nitrogens with zero attached hydrogens (tertiary/aromatic N) is 1. The molecule has 4 nitrogen and oxygen atoms in total. The molecule has 1 N–H and O–H groups in total. The molecule has 0 saturated carbocycles. The SMILES string of the molecule is CC(=O)Nc1ccc(-c2cccc(COC(C)(C)C)c2)cn1. The van der Waals surface area contributed by atoms with E-state index in [1.807, 2.05) is 45.0 Å². The van der Waals surface area contributed by atoms with Crippen molar-refractivity contribution >= 4 is 11.7 Å². The van der Waals surface area contributed by atoms with E-state index in [0.29, 0.717) is 12.4 Å². The van der Waals surface area contributed by atoms with Crippen LogP contribution in [0.15, 0.2) is 42.6 Å². The van der Waals surface area contributed by atoms with E-state index >= 15 is 0 Å². The first-order chi connectivity index (χ1) is 10.3. The lowest BCUT2D eigenvalue weighted by atomic mass is 10.0. The van der Waals surface area contributed by atoms with Gasteiger partial charge in [-0.3, -0.25) is 4.79 Å². The van der Waals surface area contributed by atoms with Gasteiger partial charge in [-0.15, -0.1) is 0 Å². The van der Waals surface area contributed by atoms with E-state index in [4.69, 9.17) is 4.74 Å². The van der Waals surface area contributed by atoms with Crippen molar-refractivity contribution in [1.29, 1.82) is 0 Å². The molecule has 0 fully saturated rings. The maximum atomic E-state index is 11.0. The standard InChI is InChI=1S/C18H22N2O2/c1-13(21)20-17-9-8-16(11-19-17)15-7-5-6-14(10-15)12-22-18(2,3)4/h5-11H,12H2,1-4H3,(H,19,20,21). The lowest BCUT2D eigenvalue weighted by molar-refractivity contribution is -0.114. The number of carbonyl (C=O) groups excluding carboxylic acids is 1. The van der Waals surface area contributed by atoms with Crippen LogP contribution in [0, 0.1) is 0 Å². The number of hydrogen-bond donors (Lipinski definition) is 1. The molecule has 1 aromatic heterocycles. The highest BCUT2D eigenvalue weighted by atomic mass is 16.5. The van der Waals surface area contributed by atoms with Crippen LogP contribution >= 0.6 is 0 Å².